The van der Waals surface area contributed by atoms with E-state index in [1.54, 1.807) is 42.7 Å². The molecule has 258 valence electrons. The number of ether oxygens (including phenoxy) is 7. The minimum Gasteiger partial charge on any atom is -0.493 e. The molecule has 0 spiro atoms. The first-order valence-electron chi connectivity index (χ1n) is 16.8. The molecule has 0 bridgehead atoms. The second-order valence-electron chi connectivity index (χ2n) is 13.1. The number of methoxy groups -OCH3 is 6. The van der Waals surface area contributed by atoms with E-state index >= 15 is 0 Å². The van der Waals surface area contributed by atoms with Crippen LogP contribution in [0.4, 0.5) is 0 Å². The molecule has 4 aromatic carbocycles. The lowest BCUT2D eigenvalue weighted by atomic mass is 9.76. The summed E-state index contributed by atoms with van der Waals surface area (Å²) < 4.78 is 41.4. The maximum Gasteiger partial charge on any atom is 0.164 e. The van der Waals surface area contributed by atoms with Crippen molar-refractivity contribution in [3.63, 3.8) is 0 Å². The van der Waals surface area contributed by atoms with E-state index in [4.69, 9.17) is 33.2 Å². The molecular weight excluding hydrogens is 620 g/mol. The minimum absolute atomic E-state index is 0.0857. The average molecular weight is 667 g/mol. The van der Waals surface area contributed by atoms with Gasteiger partial charge in [-0.3, -0.25) is 9.80 Å². The Morgan fingerprint density at radius 1 is 0.592 bits per heavy atom. The normalized spacial score (nSPS) is 18.1. The van der Waals surface area contributed by atoms with Gasteiger partial charge in [0.1, 0.15) is 11.5 Å². The number of benzene rings is 4. The third kappa shape index (κ3) is 5.68. The number of hydrogen-bond donors (Lipinski definition) is 0. The fourth-order valence-corrected chi connectivity index (χ4v) is 8.07. The summed E-state index contributed by atoms with van der Waals surface area (Å²) in [7, 11) is 14.5. The second kappa shape index (κ2) is 13.4. The number of rotatable bonds is 10. The second-order valence-corrected chi connectivity index (χ2v) is 13.1. The van der Waals surface area contributed by atoms with E-state index in [2.05, 4.69) is 60.3 Å². The first kappa shape index (κ1) is 32.9. The Bertz CT molecular complexity index is 1890. The van der Waals surface area contributed by atoms with E-state index in [0.717, 1.165) is 72.4 Å². The number of nitrogens with zero attached hydrogens (tertiary/aromatic N) is 2. The van der Waals surface area contributed by atoms with Crippen LogP contribution in [0.1, 0.15) is 56.6 Å². The van der Waals surface area contributed by atoms with Crippen molar-refractivity contribution in [3.05, 3.63) is 93.0 Å². The minimum atomic E-state index is 0.0857. The number of likely N-dealkylation sites (N-methyl/N-ethyl adjacent to an activating group) is 2. The molecule has 9 nitrogen and oxygen atoms in total. The van der Waals surface area contributed by atoms with Crippen LogP contribution in [0.2, 0.25) is 0 Å². The van der Waals surface area contributed by atoms with Crippen LogP contribution in [0.25, 0.3) is 0 Å². The Morgan fingerprint density at radius 3 is 1.94 bits per heavy atom. The predicted octanol–water partition coefficient (Wildman–Crippen LogP) is 6.78. The van der Waals surface area contributed by atoms with Gasteiger partial charge in [-0.2, -0.15) is 0 Å². The zero-order valence-corrected chi connectivity index (χ0v) is 29.8. The molecule has 4 aromatic rings. The monoisotopic (exact) mass is 666 g/mol. The van der Waals surface area contributed by atoms with Crippen molar-refractivity contribution in [1.82, 2.24) is 9.80 Å². The van der Waals surface area contributed by atoms with Crippen LogP contribution in [0.15, 0.2) is 48.5 Å². The lowest BCUT2D eigenvalue weighted by Crippen LogP contribution is -2.36. The summed E-state index contributed by atoms with van der Waals surface area (Å²) in [6.07, 6.45) is 3.34. The topological polar surface area (TPSA) is 71.1 Å². The molecule has 2 atom stereocenters. The molecule has 1 aliphatic carbocycles. The summed E-state index contributed by atoms with van der Waals surface area (Å²) in [4.78, 5) is 4.83. The van der Waals surface area contributed by atoms with Crippen molar-refractivity contribution in [2.45, 2.75) is 37.8 Å². The molecule has 7 rings (SSSR count). The van der Waals surface area contributed by atoms with E-state index in [1.807, 2.05) is 12.1 Å². The Balaban J connectivity index is 1.28. The van der Waals surface area contributed by atoms with Crippen LogP contribution < -0.4 is 33.2 Å². The molecule has 0 amide bonds. The highest BCUT2D eigenvalue weighted by Crippen LogP contribution is 2.50. The molecule has 49 heavy (non-hydrogen) atoms. The largest absolute Gasteiger partial charge is 0.493 e. The van der Waals surface area contributed by atoms with Crippen LogP contribution in [0.5, 0.6) is 46.0 Å². The van der Waals surface area contributed by atoms with Gasteiger partial charge in [0.15, 0.2) is 34.5 Å². The van der Waals surface area contributed by atoms with E-state index in [0.29, 0.717) is 17.9 Å². The summed E-state index contributed by atoms with van der Waals surface area (Å²) in [6.45, 7) is 1.89. The number of hydrogen-bond acceptors (Lipinski definition) is 9. The third-order valence-corrected chi connectivity index (χ3v) is 10.6. The van der Waals surface area contributed by atoms with Gasteiger partial charge < -0.3 is 33.2 Å². The highest BCUT2D eigenvalue weighted by molar-refractivity contribution is 5.64. The molecular formula is C40H46N2O7. The smallest absolute Gasteiger partial charge is 0.164 e. The molecule has 2 heterocycles. The van der Waals surface area contributed by atoms with Crippen LogP contribution in [-0.2, 0) is 25.7 Å². The molecule has 2 aliphatic heterocycles. The van der Waals surface area contributed by atoms with E-state index in [-0.39, 0.29) is 12.1 Å². The van der Waals surface area contributed by atoms with Crippen LogP contribution in [0.3, 0.4) is 0 Å². The molecule has 2 unspecified atom stereocenters. The van der Waals surface area contributed by atoms with Gasteiger partial charge in [0.2, 0.25) is 0 Å². The van der Waals surface area contributed by atoms with Gasteiger partial charge in [0, 0.05) is 42.7 Å². The summed E-state index contributed by atoms with van der Waals surface area (Å²) in [6, 6.07) is 17.1. The quantitative estimate of drug-likeness (QED) is 0.182. The van der Waals surface area contributed by atoms with Gasteiger partial charge in [0.05, 0.1) is 48.7 Å². The molecule has 0 aromatic heterocycles. The Labute approximate surface area is 289 Å². The van der Waals surface area contributed by atoms with Crippen LogP contribution in [-0.4, -0.2) is 79.6 Å². The lowest BCUT2D eigenvalue weighted by Gasteiger charge is -2.41. The van der Waals surface area contributed by atoms with Crippen LogP contribution >= 0.6 is 0 Å². The van der Waals surface area contributed by atoms with E-state index in [1.165, 1.54) is 38.9 Å². The predicted molar refractivity (Wildman–Crippen MR) is 189 cm³/mol. The first-order valence-corrected chi connectivity index (χ1v) is 16.8. The highest BCUT2D eigenvalue weighted by atomic mass is 16.5. The average Bonchev–Trinajstić information content (AvgIpc) is 3.13. The summed E-state index contributed by atoms with van der Waals surface area (Å²) in [5, 5.41) is 0. The third-order valence-electron chi connectivity index (χ3n) is 10.6. The number of fused-ring (bicyclic) bond motifs is 3. The highest BCUT2D eigenvalue weighted by Gasteiger charge is 2.37. The van der Waals surface area contributed by atoms with Crippen LogP contribution in [0, 0.1) is 0 Å². The van der Waals surface area contributed by atoms with Crippen molar-refractivity contribution in [2.75, 3.05) is 69.8 Å². The van der Waals surface area contributed by atoms with Crippen molar-refractivity contribution >= 4 is 0 Å². The van der Waals surface area contributed by atoms with Gasteiger partial charge in [-0.15, -0.1) is 0 Å². The Kier molecular flexibility index (Phi) is 8.98. The van der Waals surface area contributed by atoms with Crippen molar-refractivity contribution in [1.29, 1.82) is 0 Å². The van der Waals surface area contributed by atoms with Gasteiger partial charge in [-0.25, -0.2) is 0 Å². The molecule has 0 fully saturated rings. The maximum absolute atomic E-state index is 6.82. The maximum atomic E-state index is 6.82. The zero-order valence-electron chi connectivity index (χ0n) is 29.8. The van der Waals surface area contributed by atoms with E-state index in [9.17, 15) is 0 Å². The van der Waals surface area contributed by atoms with Crippen molar-refractivity contribution < 1.29 is 33.2 Å². The van der Waals surface area contributed by atoms with Crippen molar-refractivity contribution in [3.8, 4) is 46.0 Å². The molecule has 0 N–H and O–H groups in total. The standard InChI is InChI=1S/C40H46N2O7/c1-41-13-11-23-18-33(43-3)35(45-5)21-29(23)31(41)17-26-20-34(44-4)36(46-6)22-32(26)49-27-9-10-28-25(15-27)16-30-38-24(12-14-42(2)39(28)38)19-37(47-7)40(30)48-8/h9-10,15,18-22,31,39H,11-14,16-17H2,1-8H3. The molecule has 9 heteroatoms. The summed E-state index contributed by atoms with van der Waals surface area (Å²) in [5.41, 5.74) is 9.89. The van der Waals surface area contributed by atoms with E-state index < -0.39 is 0 Å². The summed E-state index contributed by atoms with van der Waals surface area (Å²) >= 11 is 0. The Morgan fingerprint density at radius 2 is 1.22 bits per heavy atom. The van der Waals surface area contributed by atoms with Gasteiger partial charge >= 0.3 is 0 Å². The lowest BCUT2D eigenvalue weighted by molar-refractivity contribution is 0.226. The van der Waals surface area contributed by atoms with Gasteiger partial charge in [-0.05, 0) is 103 Å². The molecule has 0 saturated heterocycles. The van der Waals surface area contributed by atoms with Gasteiger partial charge in [-0.1, -0.05) is 6.07 Å². The van der Waals surface area contributed by atoms with Crippen molar-refractivity contribution in [2.24, 2.45) is 0 Å². The molecule has 0 saturated carbocycles. The molecule has 0 radical (unpaired) electrons. The summed E-state index contributed by atoms with van der Waals surface area (Å²) in [5.74, 6) is 5.85. The zero-order chi connectivity index (χ0) is 34.4. The van der Waals surface area contributed by atoms with Gasteiger partial charge in [0.25, 0.3) is 0 Å². The first-order chi connectivity index (χ1) is 23.8. The molecule has 3 aliphatic rings. The SMILES string of the molecule is COc1cc(CC2c3cc(OC)c(OC)cc3CCN2C)c(Oc2ccc3c(c2)Cc2c(OC)c(OC)cc4c2C3N(C)CC4)cc1OC. The fourth-order valence-electron chi connectivity index (χ4n) is 8.07. The Hall–Kier alpha value is -4.60. The fraction of sp³-hybridized carbons (Fsp3) is 0.400.